The molecule has 2 N–H and O–H groups in total. The second-order valence-electron chi connectivity index (χ2n) is 4.23. The lowest BCUT2D eigenvalue weighted by atomic mass is 10.1. The number of carboxylic acids is 1. The Morgan fingerprint density at radius 2 is 2.15 bits per heavy atom. The van der Waals surface area contributed by atoms with Gasteiger partial charge in [-0.05, 0) is 11.5 Å². The first kappa shape index (κ1) is 12.2. The lowest BCUT2D eigenvalue weighted by molar-refractivity contribution is 0.0691. The molecule has 0 bridgehead atoms. The molecular weight excluding hydrogens is 258 g/mol. The Bertz CT molecular complexity index is 753. The van der Waals surface area contributed by atoms with Crippen molar-refractivity contribution < 1.29 is 14.4 Å². The van der Waals surface area contributed by atoms with E-state index in [9.17, 15) is 4.79 Å². The van der Waals surface area contributed by atoms with E-state index in [1.807, 2.05) is 24.3 Å². The second kappa shape index (κ2) is 5.00. The summed E-state index contributed by atoms with van der Waals surface area (Å²) in [7, 11) is 0. The van der Waals surface area contributed by atoms with E-state index in [4.69, 9.17) is 9.63 Å². The van der Waals surface area contributed by atoms with E-state index in [2.05, 4.69) is 15.5 Å². The Labute approximate surface area is 114 Å². The molecule has 1 aromatic carbocycles. The van der Waals surface area contributed by atoms with Crippen LogP contribution in [-0.4, -0.2) is 21.2 Å². The van der Waals surface area contributed by atoms with Crippen LogP contribution in [-0.2, 0) is 6.54 Å². The van der Waals surface area contributed by atoms with Gasteiger partial charge in [-0.1, -0.05) is 29.4 Å². The molecule has 6 heteroatoms. The number of anilines is 1. The van der Waals surface area contributed by atoms with Crippen LogP contribution in [0.1, 0.15) is 16.2 Å². The topological polar surface area (TPSA) is 88.2 Å². The standard InChI is InChI=1S/C14H11N3O3/c18-14(19)12-7-9-3-1-2-4-11(9)13(16-12)15-8-10-5-6-20-17-10/h1-7H,8H2,(H,15,16)(H,18,19). The van der Waals surface area contributed by atoms with Crippen molar-refractivity contribution >= 4 is 22.6 Å². The van der Waals surface area contributed by atoms with Crippen molar-refractivity contribution in [2.24, 2.45) is 0 Å². The van der Waals surface area contributed by atoms with Crippen molar-refractivity contribution in [1.82, 2.24) is 10.1 Å². The van der Waals surface area contributed by atoms with E-state index < -0.39 is 5.97 Å². The predicted octanol–water partition coefficient (Wildman–Crippen LogP) is 2.53. The number of carbonyl (C=O) groups is 1. The molecule has 0 radical (unpaired) electrons. The van der Waals surface area contributed by atoms with Crippen molar-refractivity contribution in [3.63, 3.8) is 0 Å². The van der Waals surface area contributed by atoms with Gasteiger partial charge in [-0.2, -0.15) is 0 Å². The SMILES string of the molecule is O=C(O)c1cc2ccccc2c(NCc2ccon2)n1. The number of pyridine rings is 1. The summed E-state index contributed by atoms with van der Waals surface area (Å²) in [4.78, 5) is 15.2. The normalized spacial score (nSPS) is 10.6. The third-order valence-electron chi connectivity index (χ3n) is 2.89. The molecule has 3 rings (SSSR count). The highest BCUT2D eigenvalue weighted by atomic mass is 16.5. The van der Waals surface area contributed by atoms with Crippen LogP contribution in [0.25, 0.3) is 10.8 Å². The average Bonchev–Trinajstić information content (AvgIpc) is 2.97. The van der Waals surface area contributed by atoms with E-state index in [1.165, 1.54) is 6.26 Å². The smallest absolute Gasteiger partial charge is 0.354 e. The maximum Gasteiger partial charge on any atom is 0.354 e. The fourth-order valence-corrected chi connectivity index (χ4v) is 1.95. The number of benzene rings is 1. The van der Waals surface area contributed by atoms with Crippen molar-refractivity contribution in [3.05, 3.63) is 54.0 Å². The minimum Gasteiger partial charge on any atom is -0.477 e. The summed E-state index contributed by atoms with van der Waals surface area (Å²) in [5.41, 5.74) is 0.725. The molecule has 0 fully saturated rings. The van der Waals surface area contributed by atoms with Gasteiger partial charge in [0.2, 0.25) is 0 Å². The summed E-state index contributed by atoms with van der Waals surface area (Å²) in [5, 5.41) is 17.7. The zero-order chi connectivity index (χ0) is 13.9. The van der Waals surface area contributed by atoms with Gasteiger partial charge in [-0.3, -0.25) is 0 Å². The van der Waals surface area contributed by atoms with Crippen molar-refractivity contribution in [2.75, 3.05) is 5.32 Å². The molecule has 0 aliphatic heterocycles. The number of nitrogens with one attached hydrogen (secondary N) is 1. The highest BCUT2D eigenvalue weighted by Gasteiger charge is 2.10. The van der Waals surface area contributed by atoms with Gasteiger partial charge in [0.15, 0.2) is 5.69 Å². The molecule has 0 atom stereocenters. The molecule has 0 aliphatic carbocycles. The Hall–Kier alpha value is -2.89. The first-order valence-electron chi connectivity index (χ1n) is 6.00. The molecule has 20 heavy (non-hydrogen) atoms. The Morgan fingerprint density at radius 1 is 1.30 bits per heavy atom. The molecule has 0 aliphatic rings. The van der Waals surface area contributed by atoms with E-state index in [0.717, 1.165) is 16.5 Å². The average molecular weight is 269 g/mol. The van der Waals surface area contributed by atoms with Crippen LogP contribution >= 0.6 is 0 Å². The molecule has 3 aromatic rings. The molecule has 100 valence electrons. The van der Waals surface area contributed by atoms with Crippen LogP contribution in [0.15, 0.2) is 47.2 Å². The van der Waals surface area contributed by atoms with Crippen LogP contribution in [0, 0.1) is 0 Å². The van der Waals surface area contributed by atoms with Gasteiger partial charge in [-0.25, -0.2) is 9.78 Å². The van der Waals surface area contributed by atoms with Crippen LogP contribution in [0.3, 0.4) is 0 Å². The maximum atomic E-state index is 11.1. The third-order valence-corrected chi connectivity index (χ3v) is 2.89. The van der Waals surface area contributed by atoms with Crippen LogP contribution in [0.5, 0.6) is 0 Å². The maximum absolute atomic E-state index is 11.1. The number of hydrogen-bond acceptors (Lipinski definition) is 5. The van der Waals surface area contributed by atoms with Gasteiger partial charge >= 0.3 is 5.97 Å². The summed E-state index contributed by atoms with van der Waals surface area (Å²) < 4.78 is 4.75. The summed E-state index contributed by atoms with van der Waals surface area (Å²) in [6, 6.07) is 10.8. The van der Waals surface area contributed by atoms with Crippen LogP contribution in [0.4, 0.5) is 5.82 Å². The molecule has 0 spiro atoms. The van der Waals surface area contributed by atoms with E-state index in [0.29, 0.717) is 12.4 Å². The molecule has 0 unspecified atom stereocenters. The third kappa shape index (κ3) is 2.31. The number of nitrogens with zero attached hydrogens (tertiary/aromatic N) is 2. The number of hydrogen-bond donors (Lipinski definition) is 2. The minimum absolute atomic E-state index is 0.00588. The molecular formula is C14H11N3O3. The van der Waals surface area contributed by atoms with Crippen molar-refractivity contribution in [2.45, 2.75) is 6.54 Å². The van der Waals surface area contributed by atoms with Crippen LogP contribution < -0.4 is 5.32 Å². The van der Waals surface area contributed by atoms with E-state index >= 15 is 0 Å². The van der Waals surface area contributed by atoms with Gasteiger partial charge in [0.1, 0.15) is 17.8 Å². The van der Waals surface area contributed by atoms with Gasteiger partial charge in [0.05, 0.1) is 6.54 Å². The summed E-state index contributed by atoms with van der Waals surface area (Å²) in [6.45, 7) is 0.413. The fraction of sp³-hybridized carbons (Fsp3) is 0.0714. The van der Waals surface area contributed by atoms with Gasteiger partial charge in [0, 0.05) is 11.5 Å². The van der Waals surface area contributed by atoms with Crippen molar-refractivity contribution in [3.8, 4) is 0 Å². The molecule has 0 saturated carbocycles. The number of aromatic carboxylic acids is 1. The molecule has 0 saturated heterocycles. The largest absolute Gasteiger partial charge is 0.477 e. The number of aromatic nitrogens is 2. The number of fused-ring (bicyclic) bond motifs is 1. The number of carboxylic acid groups (broad SMARTS) is 1. The zero-order valence-electron chi connectivity index (χ0n) is 10.4. The Morgan fingerprint density at radius 3 is 2.90 bits per heavy atom. The Kier molecular flexibility index (Phi) is 3.04. The molecule has 6 nitrogen and oxygen atoms in total. The summed E-state index contributed by atoms with van der Waals surface area (Å²) >= 11 is 0. The molecule has 2 aromatic heterocycles. The minimum atomic E-state index is -1.06. The monoisotopic (exact) mass is 269 g/mol. The molecule has 2 heterocycles. The van der Waals surface area contributed by atoms with Crippen molar-refractivity contribution in [1.29, 1.82) is 0 Å². The first-order chi connectivity index (χ1) is 9.74. The second-order valence-corrected chi connectivity index (χ2v) is 4.23. The summed E-state index contributed by atoms with van der Waals surface area (Å²) in [6.07, 6.45) is 1.48. The summed E-state index contributed by atoms with van der Waals surface area (Å²) in [5.74, 6) is -0.538. The lowest BCUT2D eigenvalue weighted by Crippen LogP contribution is -2.07. The zero-order valence-corrected chi connectivity index (χ0v) is 10.4. The van der Waals surface area contributed by atoms with Crippen LogP contribution in [0.2, 0.25) is 0 Å². The first-order valence-corrected chi connectivity index (χ1v) is 6.00. The lowest BCUT2D eigenvalue weighted by Gasteiger charge is -2.08. The predicted molar refractivity (Wildman–Crippen MR) is 72.5 cm³/mol. The number of rotatable bonds is 4. The van der Waals surface area contributed by atoms with Gasteiger partial charge < -0.3 is 14.9 Å². The van der Waals surface area contributed by atoms with Gasteiger partial charge in [0.25, 0.3) is 0 Å². The molecule has 0 amide bonds. The quantitative estimate of drug-likeness (QED) is 0.756. The van der Waals surface area contributed by atoms with E-state index in [-0.39, 0.29) is 5.69 Å². The van der Waals surface area contributed by atoms with E-state index in [1.54, 1.807) is 12.1 Å². The highest BCUT2D eigenvalue weighted by molar-refractivity contribution is 5.97. The highest BCUT2D eigenvalue weighted by Crippen LogP contribution is 2.23. The fourth-order valence-electron chi connectivity index (χ4n) is 1.95. The Balaban J connectivity index is 2.00. The van der Waals surface area contributed by atoms with Gasteiger partial charge in [-0.15, -0.1) is 0 Å².